The Morgan fingerprint density at radius 2 is 2.38 bits per heavy atom. The Morgan fingerprint density at radius 1 is 1.56 bits per heavy atom. The summed E-state index contributed by atoms with van der Waals surface area (Å²) in [5, 5.41) is 6.21. The number of hydrogen-bond acceptors (Lipinski definition) is 3. The average Bonchev–Trinajstić information content (AvgIpc) is 2.77. The van der Waals surface area contributed by atoms with Crippen LogP contribution in [0.1, 0.15) is 33.1 Å². The second-order valence-corrected chi connectivity index (χ2v) is 4.53. The van der Waals surface area contributed by atoms with Gasteiger partial charge in [-0.1, -0.05) is 6.92 Å². The van der Waals surface area contributed by atoms with E-state index in [-0.39, 0.29) is 5.91 Å². The monoisotopic (exact) mass is 228 g/mol. The van der Waals surface area contributed by atoms with E-state index in [0.29, 0.717) is 24.9 Å². The number of likely N-dealkylation sites (N-methyl/N-ethyl adjacent to an activating group) is 1. The molecule has 1 aliphatic heterocycles. The smallest absolute Gasteiger partial charge is 0.220 e. The summed E-state index contributed by atoms with van der Waals surface area (Å²) < 4.78 is 5.28. The van der Waals surface area contributed by atoms with Crippen LogP contribution in [-0.2, 0) is 9.53 Å². The summed E-state index contributed by atoms with van der Waals surface area (Å²) in [4.78, 5) is 11.5. The van der Waals surface area contributed by atoms with Crippen molar-refractivity contribution in [3.63, 3.8) is 0 Å². The lowest BCUT2D eigenvalue weighted by atomic mass is 10.0. The highest BCUT2D eigenvalue weighted by Gasteiger charge is 2.16. The first-order valence-corrected chi connectivity index (χ1v) is 6.30. The van der Waals surface area contributed by atoms with Crippen molar-refractivity contribution in [1.29, 1.82) is 0 Å². The molecule has 1 heterocycles. The number of carbonyl (C=O) groups is 1. The molecule has 0 aromatic carbocycles. The second kappa shape index (κ2) is 7.63. The Balaban J connectivity index is 2.01. The minimum absolute atomic E-state index is 0.164. The van der Waals surface area contributed by atoms with Crippen LogP contribution in [0.25, 0.3) is 0 Å². The molecule has 1 amide bonds. The molecule has 1 fully saturated rings. The maximum absolute atomic E-state index is 11.5. The van der Waals surface area contributed by atoms with E-state index in [1.165, 1.54) is 0 Å². The molecule has 1 saturated heterocycles. The SMILES string of the molecule is CCN[C@H](C)CNC(=O)CCC1CCOC1. The topological polar surface area (TPSA) is 50.4 Å². The van der Waals surface area contributed by atoms with Gasteiger partial charge in [-0.3, -0.25) is 4.79 Å². The van der Waals surface area contributed by atoms with E-state index >= 15 is 0 Å². The Morgan fingerprint density at radius 3 is 3.00 bits per heavy atom. The highest BCUT2D eigenvalue weighted by Crippen LogP contribution is 2.17. The number of rotatable bonds is 7. The highest BCUT2D eigenvalue weighted by molar-refractivity contribution is 5.75. The molecule has 94 valence electrons. The number of nitrogens with one attached hydrogen (secondary N) is 2. The first-order chi connectivity index (χ1) is 7.72. The third kappa shape index (κ3) is 5.47. The fraction of sp³-hybridized carbons (Fsp3) is 0.917. The van der Waals surface area contributed by atoms with Crippen LogP contribution in [-0.4, -0.2) is 38.3 Å². The van der Waals surface area contributed by atoms with E-state index in [1.807, 2.05) is 0 Å². The minimum Gasteiger partial charge on any atom is -0.381 e. The van der Waals surface area contributed by atoms with Crippen molar-refractivity contribution < 1.29 is 9.53 Å². The van der Waals surface area contributed by atoms with Crippen LogP contribution < -0.4 is 10.6 Å². The molecule has 0 bridgehead atoms. The summed E-state index contributed by atoms with van der Waals surface area (Å²) in [7, 11) is 0. The molecule has 0 radical (unpaired) electrons. The third-order valence-corrected chi connectivity index (χ3v) is 2.96. The first-order valence-electron chi connectivity index (χ1n) is 6.30. The van der Waals surface area contributed by atoms with Gasteiger partial charge in [0.2, 0.25) is 5.91 Å². The average molecular weight is 228 g/mol. The summed E-state index contributed by atoms with van der Waals surface area (Å²) in [6.45, 7) is 7.50. The van der Waals surface area contributed by atoms with Gasteiger partial charge in [0.25, 0.3) is 0 Å². The van der Waals surface area contributed by atoms with Crippen LogP contribution in [0, 0.1) is 5.92 Å². The minimum atomic E-state index is 0.164. The largest absolute Gasteiger partial charge is 0.381 e. The van der Waals surface area contributed by atoms with Crippen molar-refractivity contribution in [2.24, 2.45) is 5.92 Å². The summed E-state index contributed by atoms with van der Waals surface area (Å²) in [6.07, 6.45) is 2.70. The zero-order chi connectivity index (χ0) is 11.8. The zero-order valence-electron chi connectivity index (χ0n) is 10.4. The normalized spacial score (nSPS) is 22.0. The molecule has 0 aromatic rings. The maximum atomic E-state index is 11.5. The third-order valence-electron chi connectivity index (χ3n) is 2.96. The Labute approximate surface area is 98.1 Å². The van der Waals surface area contributed by atoms with E-state index < -0.39 is 0 Å². The highest BCUT2D eigenvalue weighted by atomic mass is 16.5. The van der Waals surface area contributed by atoms with Crippen molar-refractivity contribution in [2.45, 2.75) is 39.2 Å². The molecular formula is C12H24N2O2. The van der Waals surface area contributed by atoms with Gasteiger partial charge in [-0.2, -0.15) is 0 Å². The van der Waals surface area contributed by atoms with Gasteiger partial charge in [0, 0.05) is 32.2 Å². The van der Waals surface area contributed by atoms with E-state index in [9.17, 15) is 4.79 Å². The Kier molecular flexibility index (Phi) is 6.42. The van der Waals surface area contributed by atoms with E-state index in [2.05, 4.69) is 24.5 Å². The van der Waals surface area contributed by atoms with Gasteiger partial charge in [-0.15, -0.1) is 0 Å². The number of carbonyl (C=O) groups excluding carboxylic acids is 1. The molecule has 0 aliphatic carbocycles. The van der Waals surface area contributed by atoms with Gasteiger partial charge in [0.05, 0.1) is 0 Å². The molecule has 0 aromatic heterocycles. The lowest BCUT2D eigenvalue weighted by Crippen LogP contribution is -2.38. The predicted molar refractivity (Wildman–Crippen MR) is 64.3 cm³/mol. The maximum Gasteiger partial charge on any atom is 0.220 e. The molecule has 0 saturated carbocycles. The van der Waals surface area contributed by atoms with Gasteiger partial charge >= 0.3 is 0 Å². The molecule has 1 unspecified atom stereocenters. The van der Waals surface area contributed by atoms with Gasteiger partial charge in [-0.05, 0) is 32.2 Å². The molecule has 0 spiro atoms. The van der Waals surface area contributed by atoms with Gasteiger partial charge < -0.3 is 15.4 Å². The standard InChI is InChI=1S/C12H24N2O2/c1-3-13-10(2)8-14-12(15)5-4-11-6-7-16-9-11/h10-11,13H,3-9H2,1-2H3,(H,14,15)/t10-,11?/m1/s1. The van der Waals surface area contributed by atoms with Crippen molar-refractivity contribution in [1.82, 2.24) is 10.6 Å². The summed E-state index contributed by atoms with van der Waals surface area (Å²) in [6, 6.07) is 0.351. The molecule has 2 N–H and O–H groups in total. The quantitative estimate of drug-likeness (QED) is 0.681. The predicted octanol–water partition coefficient (Wildman–Crippen LogP) is 0.917. The Bertz CT molecular complexity index is 203. The summed E-state index contributed by atoms with van der Waals surface area (Å²) in [5.41, 5.74) is 0. The molecular weight excluding hydrogens is 204 g/mol. The first kappa shape index (κ1) is 13.5. The van der Waals surface area contributed by atoms with Gasteiger partial charge in [-0.25, -0.2) is 0 Å². The molecule has 1 rings (SSSR count). The van der Waals surface area contributed by atoms with Crippen LogP contribution in [0.15, 0.2) is 0 Å². The fourth-order valence-corrected chi connectivity index (χ4v) is 1.92. The van der Waals surface area contributed by atoms with Crippen LogP contribution in [0.2, 0.25) is 0 Å². The van der Waals surface area contributed by atoms with Crippen molar-refractivity contribution >= 4 is 5.91 Å². The van der Waals surface area contributed by atoms with Gasteiger partial charge in [0.1, 0.15) is 0 Å². The summed E-state index contributed by atoms with van der Waals surface area (Å²) in [5.74, 6) is 0.758. The van der Waals surface area contributed by atoms with Crippen LogP contribution in [0.4, 0.5) is 0 Å². The molecule has 16 heavy (non-hydrogen) atoms. The number of amides is 1. The molecule has 4 nitrogen and oxygen atoms in total. The lowest BCUT2D eigenvalue weighted by Gasteiger charge is -2.13. The number of ether oxygens (including phenoxy) is 1. The summed E-state index contributed by atoms with van der Waals surface area (Å²) >= 11 is 0. The fourth-order valence-electron chi connectivity index (χ4n) is 1.92. The molecule has 1 aliphatic rings. The number of hydrogen-bond donors (Lipinski definition) is 2. The van der Waals surface area contributed by atoms with Crippen LogP contribution in [0.5, 0.6) is 0 Å². The van der Waals surface area contributed by atoms with Crippen molar-refractivity contribution in [3.05, 3.63) is 0 Å². The zero-order valence-corrected chi connectivity index (χ0v) is 10.4. The van der Waals surface area contributed by atoms with Crippen LogP contribution in [0.3, 0.4) is 0 Å². The van der Waals surface area contributed by atoms with Gasteiger partial charge in [0.15, 0.2) is 0 Å². The van der Waals surface area contributed by atoms with Crippen molar-refractivity contribution in [3.8, 4) is 0 Å². The Hall–Kier alpha value is -0.610. The second-order valence-electron chi connectivity index (χ2n) is 4.53. The van der Waals surface area contributed by atoms with Crippen molar-refractivity contribution in [2.75, 3.05) is 26.3 Å². The van der Waals surface area contributed by atoms with E-state index in [0.717, 1.165) is 32.6 Å². The molecule has 2 atom stereocenters. The lowest BCUT2D eigenvalue weighted by molar-refractivity contribution is -0.121. The van der Waals surface area contributed by atoms with E-state index in [4.69, 9.17) is 4.74 Å². The molecule has 4 heteroatoms. The van der Waals surface area contributed by atoms with E-state index in [1.54, 1.807) is 0 Å². The van der Waals surface area contributed by atoms with Crippen LogP contribution >= 0.6 is 0 Å².